The molecule has 1 unspecified atom stereocenters. The Morgan fingerprint density at radius 3 is 2.45 bits per heavy atom. The number of rotatable bonds is 6. The average molecular weight is 437 g/mol. The summed E-state index contributed by atoms with van der Waals surface area (Å²) in [7, 11) is 0. The molecule has 7 nitrogen and oxygen atoms in total. The van der Waals surface area contributed by atoms with Gasteiger partial charge in [-0.15, -0.1) is 0 Å². The third-order valence-electron chi connectivity index (χ3n) is 5.29. The monoisotopic (exact) mass is 436 g/mol. The highest BCUT2D eigenvalue weighted by Crippen LogP contribution is 2.43. The van der Waals surface area contributed by atoms with Gasteiger partial charge in [-0.05, 0) is 35.9 Å². The molecule has 31 heavy (non-hydrogen) atoms. The second kappa shape index (κ2) is 7.94. The van der Waals surface area contributed by atoms with Crippen LogP contribution >= 0.6 is 11.6 Å². The van der Waals surface area contributed by atoms with E-state index in [1.165, 1.54) is 29.2 Å². The Bertz CT molecular complexity index is 1190. The second-order valence-electron chi connectivity index (χ2n) is 7.30. The molecule has 1 amide bonds. The lowest BCUT2D eigenvalue weighted by molar-refractivity contribution is -0.384. The maximum absolute atomic E-state index is 13.3. The number of carbonyl (C=O) groups is 2. The van der Waals surface area contributed by atoms with Crippen LogP contribution in [-0.4, -0.2) is 21.7 Å². The van der Waals surface area contributed by atoms with Gasteiger partial charge in [0.1, 0.15) is 0 Å². The van der Waals surface area contributed by atoms with Gasteiger partial charge >= 0.3 is 0 Å². The van der Waals surface area contributed by atoms with Gasteiger partial charge in [0, 0.05) is 28.3 Å². The number of hydrogen-bond donors (Lipinski definition) is 1. The molecule has 0 bridgehead atoms. The number of benzene rings is 3. The first kappa shape index (κ1) is 20.7. The number of ketones is 1. The molecule has 0 radical (unpaired) electrons. The third-order valence-corrected chi connectivity index (χ3v) is 5.52. The fourth-order valence-electron chi connectivity index (χ4n) is 3.76. The smallest absolute Gasteiger partial charge is 0.269 e. The van der Waals surface area contributed by atoms with Gasteiger partial charge in [0.05, 0.1) is 23.6 Å². The number of halogens is 1. The highest BCUT2D eigenvalue weighted by atomic mass is 35.5. The number of anilines is 1. The molecule has 1 aliphatic heterocycles. The van der Waals surface area contributed by atoms with Gasteiger partial charge in [-0.1, -0.05) is 41.9 Å². The first-order valence-corrected chi connectivity index (χ1v) is 9.83. The van der Waals surface area contributed by atoms with Gasteiger partial charge in [-0.3, -0.25) is 19.7 Å². The summed E-state index contributed by atoms with van der Waals surface area (Å²) < 4.78 is 0. The molecule has 8 heteroatoms. The average Bonchev–Trinajstić information content (AvgIpc) is 2.96. The van der Waals surface area contributed by atoms with E-state index in [4.69, 9.17) is 11.6 Å². The van der Waals surface area contributed by atoms with Crippen molar-refractivity contribution in [2.45, 2.75) is 18.6 Å². The van der Waals surface area contributed by atoms with Crippen molar-refractivity contribution >= 4 is 34.7 Å². The van der Waals surface area contributed by atoms with E-state index in [1.54, 1.807) is 42.5 Å². The van der Waals surface area contributed by atoms with Gasteiger partial charge in [-0.2, -0.15) is 0 Å². The van der Waals surface area contributed by atoms with Crippen LogP contribution in [0.2, 0.25) is 5.02 Å². The van der Waals surface area contributed by atoms with E-state index in [9.17, 15) is 24.8 Å². The number of hydrogen-bond acceptors (Lipinski definition) is 5. The van der Waals surface area contributed by atoms with Gasteiger partial charge in [0.2, 0.25) is 0 Å². The van der Waals surface area contributed by atoms with Crippen LogP contribution in [0, 0.1) is 10.1 Å². The number of Topliss-reactive ketones (excluding diaryl/α,β-unsaturated/α-hetero) is 1. The van der Waals surface area contributed by atoms with E-state index in [0.717, 1.165) is 5.56 Å². The Morgan fingerprint density at radius 1 is 1.06 bits per heavy atom. The van der Waals surface area contributed by atoms with Crippen LogP contribution in [0.3, 0.4) is 0 Å². The normalized spacial score (nSPS) is 17.5. The van der Waals surface area contributed by atoms with E-state index < -0.39 is 28.6 Å². The van der Waals surface area contributed by atoms with Crippen LogP contribution in [0.5, 0.6) is 0 Å². The highest BCUT2D eigenvalue weighted by molar-refractivity contribution is 6.30. The van der Waals surface area contributed by atoms with E-state index in [2.05, 4.69) is 0 Å². The minimum absolute atomic E-state index is 0.148. The number of para-hydroxylation sites is 1. The largest absolute Gasteiger partial charge is 0.375 e. The molecule has 1 aliphatic rings. The molecule has 0 saturated carbocycles. The SMILES string of the molecule is O=C(CC1(O)C(=O)N(Cc2cccc(Cl)c2)c2ccccc21)c1ccc([N+](=O)[O-])cc1. The van der Waals surface area contributed by atoms with E-state index in [-0.39, 0.29) is 17.8 Å². The highest BCUT2D eigenvalue weighted by Gasteiger charge is 2.50. The summed E-state index contributed by atoms with van der Waals surface area (Å²) in [6.45, 7) is 0.185. The summed E-state index contributed by atoms with van der Waals surface area (Å²) in [5.41, 5.74) is -0.359. The Labute approximate surface area is 182 Å². The topological polar surface area (TPSA) is 101 Å². The van der Waals surface area contributed by atoms with Crippen LogP contribution in [0.25, 0.3) is 0 Å². The van der Waals surface area contributed by atoms with Crippen molar-refractivity contribution in [1.29, 1.82) is 0 Å². The molecule has 3 aromatic carbocycles. The molecule has 0 aromatic heterocycles. The summed E-state index contributed by atoms with van der Waals surface area (Å²) in [6, 6.07) is 18.9. The molecule has 4 rings (SSSR count). The maximum atomic E-state index is 13.3. The van der Waals surface area contributed by atoms with E-state index in [1.807, 2.05) is 6.07 Å². The fraction of sp³-hybridized carbons (Fsp3) is 0.130. The lowest BCUT2D eigenvalue weighted by atomic mass is 9.88. The minimum atomic E-state index is -2.03. The van der Waals surface area contributed by atoms with E-state index in [0.29, 0.717) is 16.3 Å². The maximum Gasteiger partial charge on any atom is 0.269 e. The number of aliphatic hydroxyl groups is 1. The number of carbonyl (C=O) groups excluding carboxylic acids is 2. The predicted octanol–water partition coefficient (Wildman–Crippen LogP) is 4.26. The second-order valence-corrected chi connectivity index (χ2v) is 7.74. The van der Waals surface area contributed by atoms with Crippen LogP contribution in [0.1, 0.15) is 27.9 Å². The van der Waals surface area contributed by atoms with E-state index >= 15 is 0 Å². The summed E-state index contributed by atoms with van der Waals surface area (Å²) in [6.07, 6.45) is -0.479. The van der Waals surface area contributed by atoms with Gasteiger partial charge in [0.15, 0.2) is 11.4 Å². The number of fused-ring (bicyclic) bond motifs is 1. The van der Waals surface area contributed by atoms with Crippen molar-refractivity contribution in [3.05, 3.63) is 105 Å². The first-order chi connectivity index (χ1) is 14.8. The fourth-order valence-corrected chi connectivity index (χ4v) is 3.97. The van der Waals surface area contributed by atoms with Crippen molar-refractivity contribution in [3.8, 4) is 0 Å². The van der Waals surface area contributed by atoms with Crippen LogP contribution in [0.4, 0.5) is 11.4 Å². The molecule has 0 saturated heterocycles. The zero-order valence-electron chi connectivity index (χ0n) is 16.2. The van der Waals surface area contributed by atoms with Crippen LogP contribution in [0.15, 0.2) is 72.8 Å². The van der Waals surface area contributed by atoms with Crippen molar-refractivity contribution in [3.63, 3.8) is 0 Å². The van der Waals surface area contributed by atoms with Gasteiger partial charge < -0.3 is 10.0 Å². The number of nitro benzene ring substituents is 1. The predicted molar refractivity (Wildman–Crippen MR) is 115 cm³/mol. The molecule has 0 spiro atoms. The Balaban J connectivity index is 1.64. The van der Waals surface area contributed by atoms with Gasteiger partial charge in [-0.25, -0.2) is 0 Å². The van der Waals surface area contributed by atoms with Crippen molar-refractivity contribution < 1.29 is 19.6 Å². The Kier molecular flexibility index (Phi) is 5.31. The number of non-ortho nitro benzene ring substituents is 1. The summed E-state index contributed by atoms with van der Waals surface area (Å²) >= 11 is 6.05. The molecule has 1 N–H and O–H groups in total. The number of nitro groups is 1. The first-order valence-electron chi connectivity index (χ1n) is 9.45. The molecule has 156 valence electrons. The van der Waals surface area contributed by atoms with Crippen molar-refractivity contribution in [2.75, 3.05) is 4.90 Å². The number of amides is 1. The molecule has 3 aromatic rings. The van der Waals surface area contributed by atoms with Crippen LogP contribution < -0.4 is 4.90 Å². The lowest BCUT2D eigenvalue weighted by Crippen LogP contribution is -2.41. The molecular formula is C23H17ClN2O5. The van der Waals surface area contributed by atoms with Gasteiger partial charge in [0.25, 0.3) is 11.6 Å². The standard InChI is InChI=1S/C23H17ClN2O5/c24-17-5-3-4-15(12-17)14-25-20-7-2-1-6-19(20)23(29,22(25)28)13-21(27)16-8-10-18(11-9-16)26(30)31/h1-12,29H,13-14H2. The third kappa shape index (κ3) is 3.81. The van der Waals surface area contributed by atoms with Crippen molar-refractivity contribution in [2.24, 2.45) is 0 Å². The minimum Gasteiger partial charge on any atom is -0.375 e. The lowest BCUT2D eigenvalue weighted by Gasteiger charge is -2.23. The van der Waals surface area contributed by atoms with Crippen molar-refractivity contribution in [1.82, 2.24) is 0 Å². The quantitative estimate of drug-likeness (QED) is 0.353. The molecular weight excluding hydrogens is 420 g/mol. The number of nitrogens with zero attached hydrogens (tertiary/aromatic N) is 2. The molecule has 0 aliphatic carbocycles. The summed E-state index contributed by atoms with van der Waals surface area (Å²) in [4.78, 5) is 37.8. The zero-order valence-corrected chi connectivity index (χ0v) is 17.0. The van der Waals surface area contributed by atoms with Crippen LogP contribution in [-0.2, 0) is 16.9 Å². The molecule has 1 atom stereocenters. The Hall–Kier alpha value is -3.55. The zero-order chi connectivity index (χ0) is 22.2. The molecule has 0 fully saturated rings. The summed E-state index contributed by atoms with van der Waals surface area (Å²) in [5.74, 6) is -1.10. The molecule has 1 heterocycles. The summed E-state index contributed by atoms with van der Waals surface area (Å²) in [5, 5.41) is 22.7. The Morgan fingerprint density at radius 2 is 1.77 bits per heavy atom.